The SMILES string of the molecule is O=C(N[C@@H](Cc1ccc(OCCCC2CCCCC2)cc1)C(=O)O)OCC1c2ccccc2-c2ccccc21. The Labute approximate surface area is 230 Å². The van der Waals surface area contributed by atoms with Gasteiger partial charge >= 0.3 is 12.1 Å². The number of aliphatic carboxylic acids is 1. The molecule has 2 aliphatic carbocycles. The Morgan fingerprint density at radius 3 is 2.15 bits per heavy atom. The maximum Gasteiger partial charge on any atom is 0.407 e. The molecule has 6 heteroatoms. The molecule has 1 atom stereocenters. The van der Waals surface area contributed by atoms with Crippen molar-refractivity contribution in [2.45, 2.75) is 63.3 Å². The van der Waals surface area contributed by atoms with E-state index >= 15 is 0 Å². The first-order chi connectivity index (χ1) is 19.1. The van der Waals surface area contributed by atoms with E-state index in [1.165, 1.54) is 38.5 Å². The molecule has 6 nitrogen and oxygen atoms in total. The summed E-state index contributed by atoms with van der Waals surface area (Å²) in [5.74, 6) is 0.439. The van der Waals surface area contributed by atoms with Gasteiger partial charge in [-0.3, -0.25) is 0 Å². The van der Waals surface area contributed by atoms with Crippen LogP contribution in [0.2, 0.25) is 0 Å². The minimum atomic E-state index is -1.11. The van der Waals surface area contributed by atoms with Gasteiger partial charge < -0.3 is 19.9 Å². The van der Waals surface area contributed by atoms with Crippen LogP contribution in [-0.2, 0) is 16.0 Å². The van der Waals surface area contributed by atoms with Crippen molar-refractivity contribution in [1.82, 2.24) is 5.32 Å². The second kappa shape index (κ2) is 12.8. The Morgan fingerprint density at radius 1 is 0.872 bits per heavy atom. The Bertz CT molecular complexity index is 1220. The van der Waals surface area contributed by atoms with Gasteiger partial charge in [-0.2, -0.15) is 0 Å². The predicted octanol–water partition coefficient (Wildman–Crippen LogP) is 6.96. The summed E-state index contributed by atoms with van der Waals surface area (Å²) in [5.41, 5.74) is 5.30. The van der Waals surface area contributed by atoms with Gasteiger partial charge in [0.25, 0.3) is 0 Å². The Hall–Kier alpha value is -3.80. The fourth-order valence-electron chi connectivity index (χ4n) is 5.98. The van der Waals surface area contributed by atoms with Crippen molar-refractivity contribution in [1.29, 1.82) is 0 Å². The molecule has 0 heterocycles. The molecule has 2 aliphatic rings. The summed E-state index contributed by atoms with van der Waals surface area (Å²) < 4.78 is 11.4. The molecule has 1 amide bonds. The van der Waals surface area contributed by atoms with Crippen molar-refractivity contribution in [2.75, 3.05) is 13.2 Å². The molecule has 0 bridgehead atoms. The molecule has 1 fully saturated rings. The number of carbonyl (C=O) groups excluding carboxylic acids is 1. The van der Waals surface area contributed by atoms with Gasteiger partial charge in [-0.25, -0.2) is 9.59 Å². The van der Waals surface area contributed by atoms with Gasteiger partial charge in [-0.05, 0) is 58.7 Å². The highest BCUT2D eigenvalue weighted by molar-refractivity contribution is 5.81. The number of fused-ring (bicyclic) bond motifs is 3. The van der Waals surface area contributed by atoms with Crippen molar-refractivity contribution in [3.05, 3.63) is 89.5 Å². The first kappa shape index (κ1) is 26.8. The summed E-state index contributed by atoms with van der Waals surface area (Å²) in [6, 6.07) is 22.5. The smallest absolute Gasteiger partial charge is 0.407 e. The fraction of sp³-hybridized carbons (Fsp3) is 0.394. The van der Waals surface area contributed by atoms with Crippen LogP contribution in [0.15, 0.2) is 72.8 Å². The second-order valence-electron chi connectivity index (χ2n) is 10.7. The predicted molar refractivity (Wildman–Crippen MR) is 151 cm³/mol. The number of hydrogen-bond donors (Lipinski definition) is 2. The molecule has 0 saturated heterocycles. The molecule has 3 aromatic rings. The normalized spacial score (nSPS) is 15.7. The van der Waals surface area contributed by atoms with Crippen molar-refractivity contribution in [2.24, 2.45) is 5.92 Å². The van der Waals surface area contributed by atoms with E-state index in [9.17, 15) is 14.7 Å². The van der Waals surface area contributed by atoms with Crippen LogP contribution in [0.3, 0.4) is 0 Å². The van der Waals surface area contributed by atoms with E-state index in [1.54, 1.807) is 0 Å². The second-order valence-corrected chi connectivity index (χ2v) is 10.7. The third-order valence-corrected chi connectivity index (χ3v) is 8.05. The maximum absolute atomic E-state index is 12.6. The first-order valence-electron chi connectivity index (χ1n) is 14.1. The van der Waals surface area contributed by atoms with Gasteiger partial charge in [0, 0.05) is 12.3 Å². The number of ether oxygens (including phenoxy) is 2. The van der Waals surface area contributed by atoms with Crippen molar-refractivity contribution in [3.63, 3.8) is 0 Å². The number of hydrogen-bond acceptors (Lipinski definition) is 4. The summed E-state index contributed by atoms with van der Waals surface area (Å²) in [6.45, 7) is 0.829. The molecule has 5 rings (SSSR count). The molecule has 3 aromatic carbocycles. The number of benzene rings is 3. The minimum Gasteiger partial charge on any atom is -0.494 e. The number of rotatable bonds is 11. The van der Waals surface area contributed by atoms with Crippen LogP contribution in [0.1, 0.15) is 67.6 Å². The molecule has 39 heavy (non-hydrogen) atoms. The largest absolute Gasteiger partial charge is 0.494 e. The van der Waals surface area contributed by atoms with Crippen LogP contribution < -0.4 is 10.1 Å². The number of carboxylic acids is 1. The van der Waals surface area contributed by atoms with E-state index < -0.39 is 18.1 Å². The van der Waals surface area contributed by atoms with Crippen LogP contribution in [0.4, 0.5) is 4.79 Å². The van der Waals surface area contributed by atoms with Gasteiger partial charge in [0.05, 0.1) is 6.61 Å². The molecular formula is C33H37NO5. The van der Waals surface area contributed by atoms with E-state index in [1.807, 2.05) is 60.7 Å². The van der Waals surface area contributed by atoms with E-state index in [2.05, 4.69) is 17.4 Å². The summed E-state index contributed by atoms with van der Waals surface area (Å²) in [7, 11) is 0. The lowest BCUT2D eigenvalue weighted by Gasteiger charge is -2.21. The molecule has 0 aromatic heterocycles. The monoisotopic (exact) mass is 527 g/mol. The van der Waals surface area contributed by atoms with Gasteiger partial charge in [-0.1, -0.05) is 92.8 Å². The van der Waals surface area contributed by atoms with Crippen molar-refractivity contribution < 1.29 is 24.2 Å². The molecule has 2 N–H and O–H groups in total. The standard InChI is InChI=1S/C33H37NO5/c35-32(36)31(21-24-16-18-25(19-17-24)38-20-8-11-23-9-2-1-3-10-23)34-33(37)39-22-30-28-14-6-4-12-26(28)27-13-5-7-15-29(27)30/h4-7,12-19,23,30-31H,1-3,8-11,20-22H2,(H,34,37)(H,35,36)/t31-/m0/s1. The molecule has 0 radical (unpaired) electrons. The van der Waals surface area contributed by atoms with E-state index in [4.69, 9.17) is 9.47 Å². The highest BCUT2D eigenvalue weighted by atomic mass is 16.5. The topological polar surface area (TPSA) is 84.9 Å². The van der Waals surface area contributed by atoms with Gasteiger partial charge in [-0.15, -0.1) is 0 Å². The van der Waals surface area contributed by atoms with Crippen LogP contribution in [-0.4, -0.2) is 36.4 Å². The van der Waals surface area contributed by atoms with E-state index in [0.29, 0.717) is 6.61 Å². The Balaban J connectivity index is 1.10. The quantitative estimate of drug-likeness (QED) is 0.263. The van der Waals surface area contributed by atoms with Gasteiger partial charge in [0.2, 0.25) is 0 Å². The van der Waals surface area contributed by atoms with Crippen LogP contribution in [0, 0.1) is 5.92 Å². The number of alkyl carbamates (subject to hydrolysis) is 1. The number of carbonyl (C=O) groups is 2. The maximum atomic E-state index is 12.6. The van der Waals surface area contributed by atoms with Crippen molar-refractivity contribution >= 4 is 12.1 Å². The molecule has 204 valence electrons. The lowest BCUT2D eigenvalue weighted by atomic mass is 9.86. The molecule has 0 unspecified atom stereocenters. The molecule has 1 saturated carbocycles. The summed E-state index contributed by atoms with van der Waals surface area (Å²) in [4.78, 5) is 24.5. The number of amides is 1. The zero-order valence-electron chi connectivity index (χ0n) is 22.3. The number of carboxylic acid groups (broad SMARTS) is 1. The Kier molecular flexibility index (Phi) is 8.82. The molecule has 0 spiro atoms. The van der Waals surface area contributed by atoms with Crippen LogP contribution >= 0.6 is 0 Å². The summed E-state index contributed by atoms with van der Waals surface area (Å²) in [6.07, 6.45) is 8.50. The highest BCUT2D eigenvalue weighted by Crippen LogP contribution is 2.44. The van der Waals surface area contributed by atoms with Gasteiger partial charge in [0.15, 0.2) is 0 Å². The first-order valence-corrected chi connectivity index (χ1v) is 14.1. The van der Waals surface area contributed by atoms with Crippen LogP contribution in [0.5, 0.6) is 5.75 Å². The summed E-state index contributed by atoms with van der Waals surface area (Å²) >= 11 is 0. The van der Waals surface area contributed by atoms with Gasteiger partial charge in [0.1, 0.15) is 18.4 Å². The Morgan fingerprint density at radius 2 is 1.51 bits per heavy atom. The van der Waals surface area contributed by atoms with Crippen molar-refractivity contribution in [3.8, 4) is 16.9 Å². The van der Waals surface area contributed by atoms with E-state index in [0.717, 1.165) is 45.9 Å². The fourth-order valence-corrected chi connectivity index (χ4v) is 5.98. The lowest BCUT2D eigenvalue weighted by molar-refractivity contribution is -0.139. The third kappa shape index (κ3) is 6.80. The zero-order valence-corrected chi connectivity index (χ0v) is 22.3. The third-order valence-electron chi connectivity index (χ3n) is 8.05. The minimum absolute atomic E-state index is 0.0818. The highest BCUT2D eigenvalue weighted by Gasteiger charge is 2.29. The van der Waals surface area contributed by atoms with Crippen LogP contribution in [0.25, 0.3) is 11.1 Å². The summed E-state index contributed by atoms with van der Waals surface area (Å²) in [5, 5.41) is 12.3. The lowest BCUT2D eigenvalue weighted by Crippen LogP contribution is -2.42. The average Bonchev–Trinajstić information content (AvgIpc) is 3.29. The molecule has 0 aliphatic heterocycles. The average molecular weight is 528 g/mol. The van der Waals surface area contributed by atoms with E-state index in [-0.39, 0.29) is 18.9 Å². The molecular weight excluding hydrogens is 490 g/mol. The zero-order chi connectivity index (χ0) is 27.0. The number of nitrogens with one attached hydrogen (secondary N) is 1.